The number of rotatable bonds is 4. The smallest absolute Gasteiger partial charge is 0.131 e. The topological polar surface area (TPSA) is 25.2 Å². The fraction of sp³-hybridized carbons (Fsp3) is 0.0667. The lowest BCUT2D eigenvalue weighted by Crippen LogP contribution is -2.10. The molecule has 3 aromatic rings. The van der Waals surface area contributed by atoms with Gasteiger partial charge in [-0.1, -0.05) is 11.6 Å². The first-order valence-corrected chi connectivity index (χ1v) is 8.12. The van der Waals surface area contributed by atoms with Crippen LogP contribution in [0.3, 0.4) is 0 Å². The van der Waals surface area contributed by atoms with Crippen LogP contribution < -0.4 is 5.32 Å². The lowest BCUT2D eigenvalue weighted by atomic mass is 10.1. The summed E-state index contributed by atoms with van der Waals surface area (Å²) in [4.78, 5) is 0.992. The number of nitrogens with one attached hydrogen (secondary N) is 1. The van der Waals surface area contributed by atoms with E-state index in [1.54, 1.807) is 12.3 Å². The van der Waals surface area contributed by atoms with Gasteiger partial charge >= 0.3 is 0 Å². The van der Waals surface area contributed by atoms with Crippen LogP contribution >= 0.6 is 38.9 Å². The van der Waals surface area contributed by atoms with Crippen molar-refractivity contribution in [3.05, 3.63) is 74.0 Å². The van der Waals surface area contributed by atoms with E-state index >= 15 is 0 Å². The molecule has 1 aromatic carbocycles. The van der Waals surface area contributed by atoms with Gasteiger partial charge in [0.05, 0.1) is 16.3 Å². The first kappa shape index (κ1) is 14.6. The Kier molecular flexibility index (Phi) is 4.33. The molecule has 2 heterocycles. The van der Waals surface area contributed by atoms with Gasteiger partial charge in [-0.15, -0.1) is 11.3 Å². The molecule has 6 heteroatoms. The molecule has 3 rings (SSSR count). The van der Waals surface area contributed by atoms with Gasteiger partial charge in [0.1, 0.15) is 17.6 Å². The van der Waals surface area contributed by atoms with Gasteiger partial charge in [-0.2, -0.15) is 0 Å². The standard InChI is InChI=1S/C15H10BrClFNOS/c16-10-4-3-9(18)8-11(10)19-15(12-2-1-7-20-12)13-5-6-14(17)21-13/h1-8,15,19H. The van der Waals surface area contributed by atoms with E-state index < -0.39 is 0 Å². The third kappa shape index (κ3) is 3.31. The van der Waals surface area contributed by atoms with E-state index in [0.29, 0.717) is 10.0 Å². The molecule has 0 aliphatic rings. The average Bonchev–Trinajstić information content (AvgIpc) is 3.11. The van der Waals surface area contributed by atoms with Crippen LogP contribution in [0.2, 0.25) is 4.34 Å². The molecule has 0 aliphatic heterocycles. The zero-order chi connectivity index (χ0) is 14.8. The zero-order valence-electron chi connectivity index (χ0n) is 10.6. The van der Waals surface area contributed by atoms with Crippen molar-refractivity contribution in [2.75, 3.05) is 5.32 Å². The molecule has 1 unspecified atom stereocenters. The fourth-order valence-electron chi connectivity index (χ4n) is 1.99. The Morgan fingerprint density at radius 1 is 1.24 bits per heavy atom. The molecule has 0 saturated heterocycles. The van der Waals surface area contributed by atoms with Crippen molar-refractivity contribution in [3.8, 4) is 0 Å². The number of furan rings is 1. The quantitative estimate of drug-likeness (QED) is 0.586. The highest BCUT2D eigenvalue weighted by atomic mass is 79.9. The SMILES string of the molecule is Fc1ccc(Br)c(NC(c2ccco2)c2ccc(Cl)s2)c1. The van der Waals surface area contributed by atoms with Crippen molar-refractivity contribution < 1.29 is 8.81 Å². The molecule has 1 N–H and O–H groups in total. The van der Waals surface area contributed by atoms with Crippen molar-refractivity contribution in [1.82, 2.24) is 0 Å². The molecule has 0 aliphatic carbocycles. The van der Waals surface area contributed by atoms with Crippen LogP contribution in [-0.4, -0.2) is 0 Å². The van der Waals surface area contributed by atoms with E-state index in [-0.39, 0.29) is 11.9 Å². The summed E-state index contributed by atoms with van der Waals surface area (Å²) in [6, 6.07) is 11.7. The fourth-order valence-corrected chi connectivity index (χ4v) is 3.47. The van der Waals surface area contributed by atoms with Crippen LogP contribution in [0, 0.1) is 5.82 Å². The summed E-state index contributed by atoms with van der Waals surface area (Å²) in [5.74, 6) is 0.438. The molecule has 108 valence electrons. The van der Waals surface area contributed by atoms with E-state index in [2.05, 4.69) is 21.2 Å². The molecule has 2 nitrogen and oxygen atoms in total. The van der Waals surface area contributed by atoms with Gasteiger partial charge in [0, 0.05) is 9.35 Å². The minimum absolute atomic E-state index is 0.226. The van der Waals surface area contributed by atoms with Gasteiger partial charge in [0.2, 0.25) is 0 Å². The summed E-state index contributed by atoms with van der Waals surface area (Å²) in [6.45, 7) is 0. The molecule has 0 saturated carbocycles. The maximum absolute atomic E-state index is 13.4. The van der Waals surface area contributed by atoms with Crippen LogP contribution in [0.25, 0.3) is 0 Å². The number of hydrogen-bond acceptors (Lipinski definition) is 3. The molecule has 0 fully saturated rings. The second kappa shape index (κ2) is 6.22. The van der Waals surface area contributed by atoms with E-state index in [1.807, 2.05) is 24.3 Å². The Morgan fingerprint density at radius 2 is 2.10 bits per heavy atom. The maximum Gasteiger partial charge on any atom is 0.131 e. The third-order valence-electron chi connectivity index (χ3n) is 2.93. The van der Waals surface area contributed by atoms with Crippen molar-refractivity contribution in [3.63, 3.8) is 0 Å². The van der Waals surface area contributed by atoms with Crippen LogP contribution in [0.1, 0.15) is 16.7 Å². The highest BCUT2D eigenvalue weighted by Gasteiger charge is 2.20. The Bertz CT molecular complexity index is 744. The predicted octanol–water partition coefficient (Wildman–Crippen LogP) is 6.10. The molecular weight excluding hydrogens is 377 g/mol. The molecule has 1 atom stereocenters. The first-order chi connectivity index (χ1) is 10.1. The molecule has 0 spiro atoms. The highest BCUT2D eigenvalue weighted by molar-refractivity contribution is 9.10. The predicted molar refractivity (Wildman–Crippen MR) is 87.6 cm³/mol. The maximum atomic E-state index is 13.4. The van der Waals surface area contributed by atoms with Gasteiger partial charge in [-0.3, -0.25) is 0 Å². The van der Waals surface area contributed by atoms with Crippen molar-refractivity contribution in [1.29, 1.82) is 0 Å². The lowest BCUT2D eigenvalue weighted by Gasteiger charge is -2.17. The number of benzene rings is 1. The largest absolute Gasteiger partial charge is 0.467 e. The zero-order valence-corrected chi connectivity index (χ0v) is 13.8. The van der Waals surface area contributed by atoms with Gasteiger partial charge in [-0.25, -0.2) is 4.39 Å². The Morgan fingerprint density at radius 3 is 2.76 bits per heavy atom. The van der Waals surface area contributed by atoms with Crippen LogP contribution in [0.5, 0.6) is 0 Å². The number of hydrogen-bond donors (Lipinski definition) is 1. The summed E-state index contributed by atoms with van der Waals surface area (Å²) < 4.78 is 20.4. The van der Waals surface area contributed by atoms with Gasteiger partial charge < -0.3 is 9.73 Å². The van der Waals surface area contributed by atoms with Crippen LogP contribution in [-0.2, 0) is 0 Å². The molecular formula is C15H10BrClFNOS. The number of anilines is 1. The molecule has 0 bridgehead atoms. The second-order valence-corrected chi connectivity index (χ2v) is 6.96. The van der Waals surface area contributed by atoms with Crippen molar-refractivity contribution in [2.24, 2.45) is 0 Å². The Hall–Kier alpha value is -1.30. The molecule has 0 amide bonds. The Balaban J connectivity index is 1.98. The monoisotopic (exact) mass is 385 g/mol. The normalized spacial score (nSPS) is 12.3. The number of halogens is 3. The molecule has 2 aromatic heterocycles. The number of thiophene rings is 1. The summed E-state index contributed by atoms with van der Waals surface area (Å²) in [7, 11) is 0. The van der Waals surface area contributed by atoms with E-state index in [0.717, 1.165) is 15.1 Å². The van der Waals surface area contributed by atoms with Crippen molar-refractivity contribution in [2.45, 2.75) is 6.04 Å². The van der Waals surface area contributed by atoms with Gasteiger partial charge in [-0.05, 0) is 58.4 Å². The highest BCUT2D eigenvalue weighted by Crippen LogP contribution is 2.35. The van der Waals surface area contributed by atoms with Crippen LogP contribution in [0.15, 0.2) is 57.6 Å². The van der Waals surface area contributed by atoms with E-state index in [9.17, 15) is 4.39 Å². The molecule has 0 radical (unpaired) electrons. The summed E-state index contributed by atoms with van der Waals surface area (Å²) in [5, 5.41) is 3.29. The first-order valence-electron chi connectivity index (χ1n) is 6.14. The van der Waals surface area contributed by atoms with E-state index in [1.165, 1.54) is 23.5 Å². The van der Waals surface area contributed by atoms with Gasteiger partial charge in [0.15, 0.2) is 0 Å². The lowest BCUT2D eigenvalue weighted by molar-refractivity contribution is 0.500. The van der Waals surface area contributed by atoms with Gasteiger partial charge in [0.25, 0.3) is 0 Å². The summed E-state index contributed by atoms with van der Waals surface area (Å²) >= 11 is 10.9. The third-order valence-corrected chi connectivity index (χ3v) is 4.92. The van der Waals surface area contributed by atoms with Crippen LogP contribution in [0.4, 0.5) is 10.1 Å². The van der Waals surface area contributed by atoms with Crippen molar-refractivity contribution >= 4 is 44.6 Å². The summed E-state index contributed by atoms with van der Waals surface area (Å²) in [6.07, 6.45) is 1.61. The van der Waals surface area contributed by atoms with E-state index in [4.69, 9.17) is 16.0 Å². The minimum atomic E-state index is -0.303. The average molecular weight is 387 g/mol. The molecule has 21 heavy (non-hydrogen) atoms. The minimum Gasteiger partial charge on any atom is -0.467 e. The second-order valence-electron chi connectivity index (χ2n) is 4.36. The Labute approximate surface area is 138 Å². The summed E-state index contributed by atoms with van der Waals surface area (Å²) in [5.41, 5.74) is 0.654.